The Morgan fingerprint density at radius 2 is 1.12 bits per heavy atom. The molecule has 8 rings (SSSR count). The molecule has 33 heavy (non-hydrogen) atoms. The first-order valence-electron chi connectivity index (χ1n) is 11.3. The Kier molecular flexibility index (Phi) is 3.11. The molecule has 6 aromatic carbocycles. The van der Waals surface area contributed by atoms with E-state index in [1.807, 2.05) is 0 Å². The lowest BCUT2D eigenvalue weighted by molar-refractivity contribution is 0.645. The molecule has 0 N–H and O–H groups in total. The van der Waals surface area contributed by atoms with Gasteiger partial charge in [-0.1, -0.05) is 72.8 Å². The smallest absolute Gasteiger partial charge is 0.143 e. The van der Waals surface area contributed by atoms with Crippen LogP contribution in [0.1, 0.15) is 5.56 Å². The van der Waals surface area contributed by atoms with E-state index in [1.165, 1.54) is 21.7 Å². The third kappa shape index (κ3) is 2.13. The van der Waals surface area contributed by atoms with Gasteiger partial charge in [0, 0.05) is 27.5 Å². The van der Waals surface area contributed by atoms with Gasteiger partial charge in [0.25, 0.3) is 0 Å². The molecule has 0 saturated carbocycles. The molecular weight excluding hydrogens is 404 g/mol. The fourth-order valence-electron chi connectivity index (χ4n) is 5.63. The van der Waals surface area contributed by atoms with Gasteiger partial charge in [-0.2, -0.15) is 0 Å². The van der Waals surface area contributed by atoms with Gasteiger partial charge < -0.3 is 8.83 Å². The summed E-state index contributed by atoms with van der Waals surface area (Å²) in [5, 5.41) is 7.06. The maximum absolute atomic E-state index is 6.76. The number of rotatable bonds is 1. The average Bonchev–Trinajstić information content (AvgIpc) is 2.87. The van der Waals surface area contributed by atoms with Crippen molar-refractivity contribution in [3.8, 4) is 22.3 Å². The van der Waals surface area contributed by atoms with E-state index >= 15 is 0 Å². The lowest BCUT2D eigenvalue weighted by Gasteiger charge is -2.21. The zero-order chi connectivity index (χ0) is 21.7. The molecule has 0 aromatic heterocycles. The Balaban J connectivity index is 1.63. The topological polar surface area (TPSA) is 26.3 Å². The van der Waals surface area contributed by atoms with E-state index in [2.05, 4.69) is 97.9 Å². The standard InChI is InChI=1S/C31H18O2/c1-17-9-10-19-12-16-25-28-26(19)30(17)32-24-15-13-20-11-14-23(31(33-25)27(20)29(24)28)22-8-4-6-18-5-2-3-7-21(18)22/h2-16H,1H3. The molecule has 0 amide bonds. The Hall–Kier alpha value is -4.30. The highest BCUT2D eigenvalue weighted by atomic mass is 16.3. The van der Waals surface area contributed by atoms with Gasteiger partial charge in [-0.25, -0.2) is 0 Å². The van der Waals surface area contributed by atoms with Gasteiger partial charge in [0.15, 0.2) is 0 Å². The summed E-state index contributed by atoms with van der Waals surface area (Å²) in [4.78, 5) is 0. The van der Waals surface area contributed by atoms with Crippen molar-refractivity contribution in [2.24, 2.45) is 0 Å². The van der Waals surface area contributed by atoms with Gasteiger partial charge in [0.1, 0.15) is 22.3 Å². The van der Waals surface area contributed by atoms with E-state index in [-0.39, 0.29) is 0 Å². The van der Waals surface area contributed by atoms with Crippen LogP contribution in [-0.4, -0.2) is 0 Å². The zero-order valence-corrected chi connectivity index (χ0v) is 18.0. The highest BCUT2D eigenvalue weighted by Gasteiger charge is 2.26. The zero-order valence-electron chi connectivity index (χ0n) is 18.0. The summed E-state index contributed by atoms with van der Waals surface area (Å²) in [6.45, 7) is 2.11. The molecule has 154 valence electrons. The molecule has 0 saturated heterocycles. The second-order valence-corrected chi connectivity index (χ2v) is 8.96. The monoisotopic (exact) mass is 422 g/mol. The van der Waals surface area contributed by atoms with Gasteiger partial charge in [0.2, 0.25) is 0 Å². The Bertz CT molecular complexity index is 1980. The first kappa shape index (κ1) is 17.3. The number of hydrogen-bond acceptors (Lipinski definition) is 2. The molecule has 2 aliphatic rings. The molecule has 2 aliphatic heterocycles. The van der Waals surface area contributed by atoms with E-state index in [1.54, 1.807) is 0 Å². The van der Waals surface area contributed by atoms with Crippen LogP contribution in [0.15, 0.2) is 99.8 Å². The lowest BCUT2D eigenvalue weighted by Crippen LogP contribution is -1.96. The van der Waals surface area contributed by atoms with Gasteiger partial charge >= 0.3 is 0 Å². The van der Waals surface area contributed by atoms with Gasteiger partial charge in [0.05, 0.1) is 0 Å². The van der Waals surface area contributed by atoms with Crippen LogP contribution in [0, 0.1) is 6.92 Å². The lowest BCUT2D eigenvalue weighted by atomic mass is 9.87. The average molecular weight is 422 g/mol. The quantitative estimate of drug-likeness (QED) is 0.195. The SMILES string of the molecule is Cc1ccc2ccc3oc4c(-c5cccc6ccccc56)ccc5ccc6oc1c2c3-c6c54. The number of benzene rings is 6. The van der Waals surface area contributed by atoms with Crippen LogP contribution in [0.5, 0.6) is 0 Å². The molecule has 6 aromatic rings. The molecule has 0 radical (unpaired) electrons. The molecular formula is C31H18O2. The molecule has 0 atom stereocenters. The molecule has 2 nitrogen and oxygen atoms in total. The van der Waals surface area contributed by atoms with Gasteiger partial charge in [-0.3, -0.25) is 0 Å². The Morgan fingerprint density at radius 3 is 1.94 bits per heavy atom. The minimum absolute atomic E-state index is 0.895. The summed E-state index contributed by atoms with van der Waals surface area (Å²) >= 11 is 0. The van der Waals surface area contributed by atoms with Crippen molar-refractivity contribution in [3.63, 3.8) is 0 Å². The van der Waals surface area contributed by atoms with Gasteiger partial charge in [-0.15, -0.1) is 0 Å². The van der Waals surface area contributed by atoms with E-state index in [0.717, 1.165) is 60.7 Å². The van der Waals surface area contributed by atoms with Crippen molar-refractivity contribution < 1.29 is 8.83 Å². The predicted octanol–water partition coefficient (Wildman–Crippen LogP) is 9.16. The highest BCUT2D eigenvalue weighted by molar-refractivity contribution is 6.25. The van der Waals surface area contributed by atoms with Crippen LogP contribution in [0.2, 0.25) is 0 Å². The summed E-state index contributed by atoms with van der Waals surface area (Å²) in [6, 6.07) is 32.2. The molecule has 0 bridgehead atoms. The molecule has 2 heteroatoms. The third-order valence-corrected chi connectivity index (χ3v) is 7.15. The molecule has 0 unspecified atom stereocenters. The largest absolute Gasteiger partial charge is 0.456 e. The summed E-state index contributed by atoms with van der Waals surface area (Å²) in [7, 11) is 0. The summed E-state index contributed by atoms with van der Waals surface area (Å²) in [5.41, 5.74) is 9.37. The van der Waals surface area contributed by atoms with Crippen LogP contribution < -0.4 is 0 Å². The third-order valence-electron chi connectivity index (χ3n) is 7.15. The Morgan fingerprint density at radius 1 is 0.485 bits per heavy atom. The minimum atomic E-state index is 0.895. The summed E-state index contributed by atoms with van der Waals surface area (Å²) in [5.74, 6) is 0. The first-order valence-corrected chi connectivity index (χ1v) is 11.3. The maximum atomic E-state index is 6.76. The van der Waals surface area contributed by atoms with Crippen LogP contribution in [0.3, 0.4) is 0 Å². The van der Waals surface area contributed by atoms with Crippen LogP contribution in [-0.2, 0) is 0 Å². The fraction of sp³-hybridized carbons (Fsp3) is 0.0323. The summed E-state index contributed by atoms with van der Waals surface area (Å²) < 4.78 is 13.3. The second-order valence-electron chi connectivity index (χ2n) is 8.96. The van der Waals surface area contributed by atoms with Crippen LogP contribution in [0.4, 0.5) is 0 Å². The minimum Gasteiger partial charge on any atom is -0.456 e. The first-order chi connectivity index (χ1) is 16.3. The van der Waals surface area contributed by atoms with Gasteiger partial charge in [-0.05, 0) is 57.8 Å². The van der Waals surface area contributed by atoms with E-state index < -0.39 is 0 Å². The van der Waals surface area contributed by atoms with Crippen molar-refractivity contribution in [1.29, 1.82) is 0 Å². The Labute approximate surface area is 189 Å². The number of aryl methyl sites for hydroxylation is 1. The molecule has 0 aliphatic carbocycles. The summed E-state index contributed by atoms with van der Waals surface area (Å²) in [6.07, 6.45) is 0. The highest BCUT2D eigenvalue weighted by Crippen LogP contribution is 2.50. The normalized spacial score (nSPS) is 12.4. The fourth-order valence-corrected chi connectivity index (χ4v) is 5.63. The maximum Gasteiger partial charge on any atom is 0.143 e. The molecule has 2 heterocycles. The number of hydrogen-bond donors (Lipinski definition) is 0. The van der Waals surface area contributed by atoms with Crippen molar-refractivity contribution >= 4 is 54.6 Å². The van der Waals surface area contributed by atoms with Crippen molar-refractivity contribution in [3.05, 3.63) is 96.6 Å². The molecule has 0 fully saturated rings. The van der Waals surface area contributed by atoms with Crippen LogP contribution in [0.25, 0.3) is 76.9 Å². The van der Waals surface area contributed by atoms with Crippen molar-refractivity contribution in [2.75, 3.05) is 0 Å². The van der Waals surface area contributed by atoms with Crippen molar-refractivity contribution in [1.82, 2.24) is 0 Å². The second kappa shape index (κ2) is 5.93. The van der Waals surface area contributed by atoms with E-state index in [4.69, 9.17) is 8.83 Å². The van der Waals surface area contributed by atoms with E-state index in [0.29, 0.717) is 0 Å². The van der Waals surface area contributed by atoms with E-state index in [9.17, 15) is 0 Å². The van der Waals surface area contributed by atoms with Crippen LogP contribution >= 0.6 is 0 Å². The predicted molar refractivity (Wildman–Crippen MR) is 136 cm³/mol. The molecule has 0 spiro atoms. The van der Waals surface area contributed by atoms with Crippen molar-refractivity contribution in [2.45, 2.75) is 6.92 Å². The number of fused-ring (bicyclic) bond motifs is 1.